The van der Waals surface area contributed by atoms with Gasteiger partial charge in [-0.05, 0) is 50.7 Å². The molecule has 0 rings (SSSR count). The zero-order valence-corrected chi connectivity index (χ0v) is 19.3. The number of carbonyl (C=O) groups is 1. The van der Waals surface area contributed by atoms with E-state index in [9.17, 15) is 9.90 Å². The quantitative estimate of drug-likeness (QED) is 0.658. The highest BCUT2D eigenvalue weighted by Gasteiger charge is 2.39. The molecule has 0 aromatic heterocycles. The molecular weight excluding hydrogens is 334 g/mol. The second-order valence-corrected chi connectivity index (χ2v) is 15.2. The normalized spacial score (nSPS) is 15.0. The van der Waals surface area contributed by atoms with Gasteiger partial charge < -0.3 is 19.2 Å². The van der Waals surface area contributed by atoms with Gasteiger partial charge >= 0.3 is 6.09 Å². The summed E-state index contributed by atoms with van der Waals surface area (Å²) in [6, 6.07) is -0.147. The van der Waals surface area contributed by atoms with Crippen LogP contribution >= 0.6 is 0 Å². The molecule has 1 N–H and O–H groups in total. The third-order valence-electron chi connectivity index (χ3n) is 4.89. The molecule has 0 aromatic carbocycles. The van der Waals surface area contributed by atoms with Gasteiger partial charge in [0.05, 0.1) is 12.6 Å². The fourth-order valence-corrected chi connectivity index (χ4v) is 3.06. The van der Waals surface area contributed by atoms with Gasteiger partial charge in [0, 0.05) is 13.7 Å². The average Bonchev–Trinajstić information content (AvgIpc) is 2.39. The summed E-state index contributed by atoms with van der Waals surface area (Å²) in [5, 5.41) is 9.75. The number of carbonyl (C=O) groups excluding carboxylic acids is 1. The van der Waals surface area contributed by atoms with E-state index in [1.54, 1.807) is 11.9 Å². The molecule has 1 atom stereocenters. The highest BCUT2D eigenvalue weighted by Crippen LogP contribution is 2.37. The van der Waals surface area contributed by atoms with Crippen molar-refractivity contribution in [1.29, 1.82) is 0 Å². The lowest BCUT2D eigenvalue weighted by Gasteiger charge is -2.40. The summed E-state index contributed by atoms with van der Waals surface area (Å²) in [6.07, 6.45) is 0.290. The van der Waals surface area contributed by atoms with Gasteiger partial charge in [-0.15, -0.1) is 0 Å². The molecule has 25 heavy (non-hydrogen) atoms. The summed E-state index contributed by atoms with van der Waals surface area (Å²) < 4.78 is 11.9. The Kier molecular flexibility index (Phi) is 8.20. The zero-order chi connectivity index (χ0) is 20.3. The Balaban J connectivity index is 5.27. The Morgan fingerprint density at radius 3 is 1.92 bits per heavy atom. The van der Waals surface area contributed by atoms with E-state index in [0.717, 1.165) is 0 Å². The van der Waals surface area contributed by atoms with E-state index in [-0.39, 0.29) is 29.2 Å². The van der Waals surface area contributed by atoms with Crippen molar-refractivity contribution in [3.05, 3.63) is 0 Å². The highest BCUT2D eigenvalue weighted by atomic mass is 28.4. The van der Waals surface area contributed by atoms with Crippen LogP contribution in [0.2, 0.25) is 18.1 Å². The van der Waals surface area contributed by atoms with Crippen LogP contribution in [0.4, 0.5) is 4.79 Å². The van der Waals surface area contributed by atoms with Gasteiger partial charge in [-0.1, -0.05) is 34.6 Å². The predicted molar refractivity (Wildman–Crippen MR) is 106 cm³/mol. The molecule has 150 valence electrons. The van der Waals surface area contributed by atoms with E-state index in [4.69, 9.17) is 9.16 Å². The molecule has 0 aliphatic rings. The molecule has 5 nitrogen and oxygen atoms in total. The smallest absolute Gasteiger partial charge is 0.410 e. The maximum atomic E-state index is 12.5. The highest BCUT2D eigenvalue weighted by molar-refractivity contribution is 6.74. The first-order chi connectivity index (χ1) is 10.9. The van der Waals surface area contributed by atoms with Crippen molar-refractivity contribution in [1.82, 2.24) is 4.90 Å². The van der Waals surface area contributed by atoms with Crippen LogP contribution in [0.3, 0.4) is 0 Å². The van der Waals surface area contributed by atoms with Crippen LogP contribution in [0, 0.1) is 5.41 Å². The number of amides is 1. The zero-order valence-electron chi connectivity index (χ0n) is 18.3. The Morgan fingerprint density at radius 2 is 1.56 bits per heavy atom. The lowest BCUT2D eigenvalue weighted by molar-refractivity contribution is 0.00804. The SMILES string of the molecule is CN(C(=O)OC(C)(C)C)[C@H](CO[Si](C)(C)C(C)(C)C)CC(C)(C)CO. The maximum absolute atomic E-state index is 12.5. The van der Waals surface area contributed by atoms with Crippen molar-refractivity contribution >= 4 is 14.4 Å². The van der Waals surface area contributed by atoms with Crippen LogP contribution in [0.5, 0.6) is 0 Å². The first kappa shape index (κ1) is 24.4. The lowest BCUT2D eigenvalue weighted by Crippen LogP contribution is -2.49. The molecule has 0 spiro atoms. The fourth-order valence-electron chi connectivity index (χ4n) is 2.01. The van der Waals surface area contributed by atoms with E-state index < -0.39 is 13.9 Å². The number of hydrogen-bond donors (Lipinski definition) is 1. The van der Waals surface area contributed by atoms with Crippen LogP contribution in [-0.4, -0.2) is 56.3 Å². The second-order valence-electron chi connectivity index (χ2n) is 10.3. The number of ether oxygens (including phenoxy) is 1. The number of hydrogen-bond acceptors (Lipinski definition) is 4. The number of rotatable bonds is 7. The molecule has 0 fully saturated rings. The molecule has 0 aliphatic carbocycles. The minimum absolute atomic E-state index is 0.0613. The van der Waals surface area contributed by atoms with Crippen molar-refractivity contribution in [3.63, 3.8) is 0 Å². The molecule has 0 unspecified atom stereocenters. The first-order valence-corrected chi connectivity index (χ1v) is 12.0. The molecule has 0 saturated carbocycles. The van der Waals surface area contributed by atoms with Gasteiger partial charge in [0.2, 0.25) is 0 Å². The van der Waals surface area contributed by atoms with Gasteiger partial charge in [0.15, 0.2) is 8.32 Å². The standard InChI is InChI=1S/C19H41NO4Si/c1-17(2,3)24-16(22)20(9)15(12-19(7,8)14-21)13-23-25(10,11)18(4,5)6/h15,21H,12-14H2,1-11H3/t15-/m0/s1. The second kappa shape index (κ2) is 8.40. The Hall–Kier alpha value is -0.593. The molecule has 0 saturated heterocycles. The molecule has 6 heteroatoms. The van der Waals surface area contributed by atoms with Gasteiger partial charge in [0.25, 0.3) is 0 Å². The van der Waals surface area contributed by atoms with E-state index in [1.165, 1.54) is 0 Å². The van der Waals surface area contributed by atoms with Crippen molar-refractivity contribution < 1.29 is 19.1 Å². The summed E-state index contributed by atoms with van der Waals surface area (Å²) in [5.74, 6) is 0. The van der Waals surface area contributed by atoms with Gasteiger partial charge in [0.1, 0.15) is 5.60 Å². The Labute approximate surface area is 156 Å². The number of aliphatic hydroxyl groups excluding tert-OH is 1. The predicted octanol–water partition coefficient (Wildman–Crippen LogP) is 4.65. The van der Waals surface area contributed by atoms with E-state index in [1.807, 2.05) is 34.6 Å². The van der Waals surface area contributed by atoms with Crippen LogP contribution < -0.4 is 0 Å². The summed E-state index contributed by atoms with van der Waals surface area (Å²) >= 11 is 0. The molecule has 1 amide bonds. The lowest BCUT2D eigenvalue weighted by atomic mass is 9.86. The summed E-state index contributed by atoms with van der Waals surface area (Å²) in [5.41, 5.74) is -0.833. The Bertz CT molecular complexity index is 436. The van der Waals surface area contributed by atoms with Crippen molar-refractivity contribution in [2.24, 2.45) is 5.41 Å². The minimum atomic E-state index is -1.92. The van der Waals surface area contributed by atoms with E-state index >= 15 is 0 Å². The third kappa shape index (κ3) is 8.56. The van der Waals surface area contributed by atoms with E-state index in [2.05, 4.69) is 33.9 Å². The molecule has 0 aromatic rings. The first-order valence-electron chi connectivity index (χ1n) is 9.12. The van der Waals surface area contributed by atoms with Crippen molar-refractivity contribution in [2.45, 2.75) is 91.6 Å². The summed E-state index contributed by atoms with van der Waals surface area (Å²) in [6.45, 7) is 21.1. The fraction of sp³-hybridized carbons (Fsp3) is 0.947. The molecule has 0 aliphatic heterocycles. The van der Waals surface area contributed by atoms with Crippen LogP contribution in [-0.2, 0) is 9.16 Å². The minimum Gasteiger partial charge on any atom is -0.444 e. The van der Waals surface area contributed by atoms with Crippen LogP contribution in [0.1, 0.15) is 61.8 Å². The number of nitrogens with zero attached hydrogens (tertiary/aromatic N) is 1. The Morgan fingerprint density at radius 1 is 1.08 bits per heavy atom. The van der Waals surface area contributed by atoms with Gasteiger partial charge in [-0.2, -0.15) is 0 Å². The van der Waals surface area contributed by atoms with Gasteiger partial charge in [-0.25, -0.2) is 4.79 Å². The summed E-state index contributed by atoms with van der Waals surface area (Å²) in [4.78, 5) is 14.1. The van der Waals surface area contributed by atoms with E-state index in [0.29, 0.717) is 13.0 Å². The third-order valence-corrected chi connectivity index (χ3v) is 9.39. The molecule has 0 heterocycles. The molecule has 0 radical (unpaired) electrons. The van der Waals surface area contributed by atoms with Crippen molar-refractivity contribution in [2.75, 3.05) is 20.3 Å². The molecule has 0 bridgehead atoms. The van der Waals surface area contributed by atoms with Crippen molar-refractivity contribution in [3.8, 4) is 0 Å². The topological polar surface area (TPSA) is 59.0 Å². The van der Waals surface area contributed by atoms with Crippen LogP contribution in [0.25, 0.3) is 0 Å². The largest absolute Gasteiger partial charge is 0.444 e. The van der Waals surface area contributed by atoms with Gasteiger partial charge in [-0.3, -0.25) is 0 Å². The number of likely N-dealkylation sites (N-methyl/N-ethyl adjacent to an activating group) is 1. The summed E-state index contributed by atoms with van der Waals surface area (Å²) in [7, 11) is -0.171. The van der Waals surface area contributed by atoms with Crippen LogP contribution in [0.15, 0.2) is 0 Å². The molecular formula is C19H41NO4Si. The maximum Gasteiger partial charge on any atom is 0.410 e. The monoisotopic (exact) mass is 375 g/mol. The average molecular weight is 376 g/mol. The number of aliphatic hydroxyl groups is 1.